The van der Waals surface area contributed by atoms with Crippen molar-refractivity contribution in [1.82, 2.24) is 5.32 Å². The molecule has 0 atom stereocenters. The first kappa shape index (κ1) is 42.6. The Bertz CT molecular complexity index is 1480. The Morgan fingerprint density at radius 1 is 0.653 bits per heavy atom. The van der Waals surface area contributed by atoms with Gasteiger partial charge < -0.3 is 75.0 Å². The summed E-state index contributed by atoms with van der Waals surface area (Å²) in [5, 5.41) is 2.82. The van der Waals surface area contributed by atoms with Crippen LogP contribution in [0.4, 0.5) is 0 Å². The molecule has 2 aromatic carbocycles. The van der Waals surface area contributed by atoms with E-state index in [4.69, 9.17) is 64.9 Å². The largest absolute Gasteiger partial charge is 0.487 e. The summed E-state index contributed by atoms with van der Waals surface area (Å²) in [6.45, 7) is 6.20. The number of hydrogen-bond acceptors (Lipinski definition) is 10. The van der Waals surface area contributed by atoms with Gasteiger partial charge in [0.15, 0.2) is 35.3 Å². The number of Topliss-reactive ketones (excluding diaryl/α,β-unsaturated/α-hetero) is 1. The molecule has 0 aliphatic rings. The van der Waals surface area contributed by atoms with Crippen molar-refractivity contribution in [3.8, 4) is 22.6 Å². The van der Waals surface area contributed by atoms with Gasteiger partial charge in [0, 0.05) is 30.5 Å². The second-order valence-corrected chi connectivity index (χ2v) is 9.64. The number of benzene rings is 2. The van der Waals surface area contributed by atoms with Gasteiger partial charge in [-0.3, -0.25) is 14.8 Å². The Morgan fingerprint density at radius 2 is 1.18 bits per heavy atom. The number of hydrogen-bond donors (Lipinski definition) is 9. The highest BCUT2D eigenvalue weighted by atomic mass is 16.5. The second-order valence-electron chi connectivity index (χ2n) is 9.64. The molecule has 0 aliphatic heterocycles. The van der Waals surface area contributed by atoms with E-state index in [1.807, 2.05) is 37.8 Å². The lowest BCUT2D eigenvalue weighted by molar-refractivity contribution is -0.124. The van der Waals surface area contributed by atoms with Crippen molar-refractivity contribution in [3.05, 3.63) is 47.0 Å². The monoisotopic (exact) mass is 685 g/mol. The number of ether oxygens (including phenoxy) is 2. The molecule has 0 aliphatic carbocycles. The summed E-state index contributed by atoms with van der Waals surface area (Å²) in [6, 6.07) is 9.14. The summed E-state index contributed by atoms with van der Waals surface area (Å²) in [5.74, 6) is -0.129. The average Bonchev–Trinajstić information content (AvgIpc) is 3.06. The highest BCUT2D eigenvalue weighted by Gasteiger charge is 2.21. The van der Waals surface area contributed by atoms with Crippen LogP contribution in [0.2, 0.25) is 0 Å². The molecule has 2 aromatic rings. The van der Waals surface area contributed by atoms with Crippen LogP contribution in [0.3, 0.4) is 0 Å². The van der Waals surface area contributed by atoms with Crippen molar-refractivity contribution >= 4 is 49.1 Å². The molecular formula is C30H47N13O6. The van der Waals surface area contributed by atoms with E-state index in [0.717, 1.165) is 11.1 Å². The van der Waals surface area contributed by atoms with Crippen LogP contribution in [0.15, 0.2) is 50.3 Å². The van der Waals surface area contributed by atoms with Gasteiger partial charge in [-0.05, 0) is 23.6 Å². The summed E-state index contributed by atoms with van der Waals surface area (Å²) in [5.41, 5.74) is 47.9. The molecule has 268 valence electrons. The van der Waals surface area contributed by atoms with E-state index >= 15 is 0 Å². The van der Waals surface area contributed by atoms with Crippen LogP contribution in [-0.2, 0) is 38.8 Å². The van der Waals surface area contributed by atoms with E-state index in [9.17, 15) is 9.59 Å². The molecule has 1 amide bonds. The number of nitrogens with zero attached hydrogens (tertiary/aromatic N) is 4. The zero-order valence-electron chi connectivity index (χ0n) is 27.5. The van der Waals surface area contributed by atoms with Gasteiger partial charge in [-0.15, -0.1) is 0 Å². The van der Waals surface area contributed by atoms with Gasteiger partial charge in [-0.1, -0.05) is 30.3 Å². The van der Waals surface area contributed by atoms with Gasteiger partial charge in [-0.25, -0.2) is 9.98 Å². The summed E-state index contributed by atoms with van der Waals surface area (Å²) in [4.78, 5) is 56.2. The van der Waals surface area contributed by atoms with Crippen molar-refractivity contribution in [3.63, 3.8) is 0 Å². The summed E-state index contributed by atoms with van der Waals surface area (Å²) >= 11 is 0. The zero-order chi connectivity index (χ0) is 37.4. The molecule has 0 fully saturated rings. The minimum absolute atomic E-state index is 0.0483. The fraction of sp³-hybridized carbons (Fsp3) is 0.333. The molecule has 17 N–H and O–H groups in total. The molecule has 0 spiro atoms. The predicted octanol–water partition coefficient (Wildman–Crippen LogP) is -2.18. The smallest absolute Gasteiger partial charge is 0.220 e. The molecule has 49 heavy (non-hydrogen) atoms. The topological polar surface area (TPSA) is 356 Å². The van der Waals surface area contributed by atoms with Crippen LogP contribution in [0, 0.1) is 0 Å². The van der Waals surface area contributed by atoms with E-state index in [0.29, 0.717) is 28.2 Å². The van der Waals surface area contributed by atoms with Crippen LogP contribution >= 0.6 is 0 Å². The molecule has 0 saturated carbocycles. The maximum Gasteiger partial charge on any atom is 0.220 e. The normalized spacial score (nSPS) is 9.57. The van der Waals surface area contributed by atoms with Gasteiger partial charge in [0.2, 0.25) is 5.91 Å². The van der Waals surface area contributed by atoms with Crippen molar-refractivity contribution in [2.24, 2.45) is 65.8 Å². The van der Waals surface area contributed by atoms with Crippen LogP contribution in [0.5, 0.6) is 11.5 Å². The van der Waals surface area contributed by atoms with Gasteiger partial charge in [0.25, 0.3) is 0 Å². The first-order valence-electron chi connectivity index (χ1n) is 14.5. The predicted molar refractivity (Wildman–Crippen MR) is 189 cm³/mol. The Labute approximate surface area is 284 Å². The number of ketones is 1. The molecule has 19 heteroatoms. The summed E-state index contributed by atoms with van der Waals surface area (Å²) in [7, 11) is 0. The third-order valence-corrected chi connectivity index (χ3v) is 6.05. The van der Waals surface area contributed by atoms with Gasteiger partial charge in [0.1, 0.15) is 32.6 Å². The van der Waals surface area contributed by atoms with E-state index < -0.39 is 0 Å². The highest BCUT2D eigenvalue weighted by molar-refractivity contribution is 5.84. The minimum atomic E-state index is -0.303. The number of nitrogens with one attached hydrogen (secondary N) is 1. The fourth-order valence-corrected chi connectivity index (χ4v) is 4.04. The molecule has 2 rings (SSSR count). The van der Waals surface area contributed by atoms with Crippen molar-refractivity contribution in [2.75, 3.05) is 26.3 Å². The second kappa shape index (κ2) is 23.9. The lowest BCUT2D eigenvalue weighted by atomic mass is 9.93. The molecule has 0 unspecified atom stereocenters. The van der Waals surface area contributed by atoms with E-state index in [2.05, 4.69) is 25.3 Å². The molecule has 0 bridgehead atoms. The quantitative estimate of drug-likeness (QED) is 0.0458. The number of aliphatic imine (C=N–C) groups is 4. The minimum Gasteiger partial charge on any atom is -0.487 e. The number of carbonyl (C=O) groups is 4. The Kier molecular flexibility index (Phi) is 20.8. The standard InChI is InChI=1S/C28H43N13O4.2CH2O/c1-16(42)5-8-22(43)39-14-18-6-7-20(19-4-2-3-17(13-40-27(33)34)21(19)15-41-28(35)36)24(45-12-10-38-26(31)32)23(18)44-11-9-37-25(29)30;2*1-2/h2-4,6-7H,5,8-15H2,1H3,(H,39,43)(H4,29,30,37)(H4,31,32,38)(H4,33,34,40)(H4,35,36,41);2*1H2. The van der Waals surface area contributed by atoms with Crippen LogP contribution < -0.4 is 60.7 Å². The number of amides is 1. The molecular weight excluding hydrogens is 638 g/mol. The fourth-order valence-electron chi connectivity index (χ4n) is 4.04. The Balaban J connectivity index is 0.00000554. The third-order valence-electron chi connectivity index (χ3n) is 6.05. The van der Waals surface area contributed by atoms with E-state index in [1.54, 1.807) is 6.07 Å². The SMILES string of the molecule is C=O.C=O.CC(=O)CCC(=O)NCc1ccc(-c2cccc(CN=C(N)N)c2CN=C(N)N)c(OCCN=C(N)N)c1OCCN=C(N)N. The zero-order valence-corrected chi connectivity index (χ0v) is 27.5. The Hall–Kier alpha value is -6.40. The van der Waals surface area contributed by atoms with Gasteiger partial charge >= 0.3 is 0 Å². The molecule has 0 saturated heterocycles. The van der Waals surface area contributed by atoms with E-state index in [1.165, 1.54) is 6.92 Å². The van der Waals surface area contributed by atoms with Crippen LogP contribution in [0.25, 0.3) is 11.1 Å². The average molecular weight is 686 g/mol. The molecule has 19 nitrogen and oxygen atoms in total. The number of rotatable bonds is 18. The lowest BCUT2D eigenvalue weighted by Crippen LogP contribution is -2.25. The summed E-state index contributed by atoms with van der Waals surface area (Å²) in [6.07, 6.45) is 0.174. The first-order valence-corrected chi connectivity index (χ1v) is 14.5. The van der Waals surface area contributed by atoms with Crippen molar-refractivity contribution in [1.29, 1.82) is 0 Å². The van der Waals surface area contributed by atoms with Crippen molar-refractivity contribution in [2.45, 2.75) is 39.4 Å². The van der Waals surface area contributed by atoms with Crippen LogP contribution in [0.1, 0.15) is 36.5 Å². The number of nitrogens with two attached hydrogens (primary N) is 8. The maximum absolute atomic E-state index is 12.5. The third kappa shape index (κ3) is 16.6. The highest BCUT2D eigenvalue weighted by Crippen LogP contribution is 2.43. The number of guanidine groups is 4. The first-order chi connectivity index (χ1) is 23.4. The maximum atomic E-state index is 12.5. The number of carbonyl (C=O) groups excluding carboxylic acids is 4. The van der Waals surface area contributed by atoms with E-state index in [-0.39, 0.29) is 94.3 Å². The molecule has 0 radical (unpaired) electrons. The molecule has 0 aromatic heterocycles. The van der Waals surface area contributed by atoms with Gasteiger partial charge in [-0.2, -0.15) is 0 Å². The van der Waals surface area contributed by atoms with Gasteiger partial charge in [0.05, 0.1) is 26.2 Å². The summed E-state index contributed by atoms with van der Waals surface area (Å²) < 4.78 is 12.4. The lowest BCUT2D eigenvalue weighted by Gasteiger charge is -2.22. The molecule has 0 heterocycles. The van der Waals surface area contributed by atoms with Crippen LogP contribution in [-0.4, -0.2) is 75.4 Å². The van der Waals surface area contributed by atoms with Crippen molar-refractivity contribution < 1.29 is 28.7 Å². The Morgan fingerprint density at radius 3 is 1.71 bits per heavy atom.